The molecule has 0 bridgehead atoms. The average molecular weight is 239 g/mol. The zero-order valence-electron chi connectivity index (χ0n) is 10.6. The van der Waals surface area contributed by atoms with Crippen molar-refractivity contribution in [1.29, 1.82) is 0 Å². The highest BCUT2D eigenvalue weighted by Crippen LogP contribution is 2.33. The van der Waals surface area contributed by atoms with Crippen molar-refractivity contribution >= 4 is 0 Å². The molecule has 1 nitrogen and oxygen atoms in total. The second-order valence-electron chi connectivity index (χ2n) is 5.34. The van der Waals surface area contributed by atoms with Crippen molar-refractivity contribution in [1.82, 2.24) is 5.32 Å². The van der Waals surface area contributed by atoms with Gasteiger partial charge in [-0.05, 0) is 35.4 Å². The number of rotatable bonds is 2. The lowest BCUT2D eigenvalue weighted by molar-refractivity contribution is 0.343. The van der Waals surface area contributed by atoms with Gasteiger partial charge in [0, 0.05) is 12.6 Å². The van der Waals surface area contributed by atoms with Crippen molar-refractivity contribution in [3.63, 3.8) is 0 Å². The summed E-state index contributed by atoms with van der Waals surface area (Å²) in [5.41, 5.74) is 1.45. The second-order valence-corrected chi connectivity index (χ2v) is 5.34. The fourth-order valence-corrected chi connectivity index (χ4v) is 2.67. The first-order chi connectivity index (χ1) is 8.00. The van der Waals surface area contributed by atoms with Crippen LogP contribution >= 0.6 is 0 Å². The minimum absolute atomic E-state index is 0.0249. The van der Waals surface area contributed by atoms with E-state index in [-0.39, 0.29) is 12.0 Å². The van der Waals surface area contributed by atoms with Crippen LogP contribution in [0.2, 0.25) is 0 Å². The zero-order valence-corrected chi connectivity index (χ0v) is 10.6. The van der Waals surface area contributed by atoms with Gasteiger partial charge < -0.3 is 5.32 Å². The van der Waals surface area contributed by atoms with E-state index in [1.54, 1.807) is 6.07 Å². The lowest BCUT2D eigenvalue weighted by Gasteiger charge is -2.33. The zero-order chi connectivity index (χ0) is 12.6. The highest BCUT2D eigenvalue weighted by Gasteiger charge is 2.29. The largest absolute Gasteiger partial charge is 0.309 e. The average Bonchev–Trinajstić information content (AvgIpc) is 2.26. The molecule has 1 N–H and O–H groups in total. The van der Waals surface area contributed by atoms with E-state index in [1.165, 1.54) is 6.07 Å². The van der Waals surface area contributed by atoms with Gasteiger partial charge in [0.05, 0.1) is 0 Å². The van der Waals surface area contributed by atoms with Crippen LogP contribution in [0, 0.1) is 17.6 Å². The summed E-state index contributed by atoms with van der Waals surface area (Å²) in [4.78, 5) is 0. The summed E-state index contributed by atoms with van der Waals surface area (Å²) >= 11 is 0. The molecule has 94 valence electrons. The second kappa shape index (κ2) is 4.73. The molecule has 0 aromatic heterocycles. The van der Waals surface area contributed by atoms with Crippen LogP contribution < -0.4 is 5.32 Å². The third kappa shape index (κ3) is 2.34. The Bertz CT molecular complexity index is 415. The van der Waals surface area contributed by atoms with Gasteiger partial charge in [-0.3, -0.25) is 0 Å². The van der Waals surface area contributed by atoms with Crippen molar-refractivity contribution in [2.45, 2.75) is 45.7 Å². The molecule has 1 aliphatic heterocycles. The Balaban J connectivity index is 2.34. The van der Waals surface area contributed by atoms with Crippen LogP contribution in [0.5, 0.6) is 0 Å². The fraction of sp³-hybridized carbons (Fsp3) is 0.571. The van der Waals surface area contributed by atoms with Crippen LogP contribution in [0.3, 0.4) is 0 Å². The lowest BCUT2D eigenvalue weighted by atomic mass is 9.82. The highest BCUT2D eigenvalue weighted by molar-refractivity contribution is 5.35. The lowest BCUT2D eigenvalue weighted by Crippen LogP contribution is -2.39. The van der Waals surface area contributed by atoms with Crippen LogP contribution in [0.4, 0.5) is 8.78 Å². The Labute approximate surface area is 101 Å². The van der Waals surface area contributed by atoms with E-state index < -0.39 is 11.6 Å². The molecule has 1 aromatic rings. The predicted octanol–water partition coefficient (Wildman–Crippen LogP) is 3.59. The van der Waals surface area contributed by atoms with Gasteiger partial charge in [0.1, 0.15) is 0 Å². The maximum atomic E-state index is 13.8. The molecule has 0 fully saturated rings. The summed E-state index contributed by atoms with van der Waals surface area (Å²) in [7, 11) is 0. The summed E-state index contributed by atoms with van der Waals surface area (Å²) in [6.45, 7) is 6.90. The number of fused-ring (bicyclic) bond motifs is 1. The van der Waals surface area contributed by atoms with Gasteiger partial charge in [-0.25, -0.2) is 8.78 Å². The quantitative estimate of drug-likeness (QED) is 0.831. The van der Waals surface area contributed by atoms with E-state index in [4.69, 9.17) is 0 Å². The molecule has 0 aliphatic carbocycles. The molecular weight excluding hydrogens is 220 g/mol. The molecule has 0 amide bonds. The van der Waals surface area contributed by atoms with E-state index >= 15 is 0 Å². The van der Waals surface area contributed by atoms with Gasteiger partial charge in [-0.1, -0.05) is 26.8 Å². The van der Waals surface area contributed by atoms with Crippen molar-refractivity contribution in [3.8, 4) is 0 Å². The van der Waals surface area contributed by atoms with Crippen molar-refractivity contribution in [2.24, 2.45) is 5.92 Å². The molecular formula is C14H19F2N. The topological polar surface area (TPSA) is 12.0 Å². The van der Waals surface area contributed by atoms with Gasteiger partial charge in [0.2, 0.25) is 0 Å². The van der Waals surface area contributed by atoms with Gasteiger partial charge in [0.25, 0.3) is 0 Å². The molecule has 0 saturated carbocycles. The van der Waals surface area contributed by atoms with E-state index in [2.05, 4.69) is 19.2 Å². The molecule has 17 heavy (non-hydrogen) atoms. The van der Waals surface area contributed by atoms with E-state index in [1.807, 2.05) is 6.92 Å². The molecule has 0 radical (unpaired) electrons. The molecule has 1 aromatic carbocycles. The molecule has 1 heterocycles. The summed E-state index contributed by atoms with van der Waals surface area (Å²) in [5.74, 6) is -0.823. The summed E-state index contributed by atoms with van der Waals surface area (Å²) in [5, 5.41) is 3.41. The number of benzene rings is 1. The molecule has 1 aliphatic rings. The Morgan fingerprint density at radius 3 is 2.71 bits per heavy atom. The van der Waals surface area contributed by atoms with Crippen LogP contribution in [-0.2, 0) is 6.54 Å². The molecule has 0 saturated heterocycles. The maximum Gasteiger partial charge on any atom is 0.162 e. The standard InChI is InChI=1S/C14H19F2N/c1-8(2)6-12-9(3)13-10(7-17-12)4-5-11(15)14(13)16/h4-5,8-9,12,17H,6-7H2,1-3H3. The first kappa shape index (κ1) is 12.5. The third-order valence-electron chi connectivity index (χ3n) is 3.56. The smallest absolute Gasteiger partial charge is 0.162 e. The van der Waals surface area contributed by atoms with Crippen LogP contribution in [0.15, 0.2) is 12.1 Å². The van der Waals surface area contributed by atoms with Crippen molar-refractivity contribution < 1.29 is 8.78 Å². The van der Waals surface area contributed by atoms with Crippen LogP contribution in [-0.4, -0.2) is 6.04 Å². The normalized spacial score (nSPS) is 23.9. The molecule has 0 spiro atoms. The molecule has 2 unspecified atom stereocenters. The van der Waals surface area contributed by atoms with E-state index in [0.717, 1.165) is 12.0 Å². The predicted molar refractivity (Wildman–Crippen MR) is 64.9 cm³/mol. The maximum absolute atomic E-state index is 13.8. The Morgan fingerprint density at radius 2 is 2.06 bits per heavy atom. The van der Waals surface area contributed by atoms with E-state index in [9.17, 15) is 8.78 Å². The number of halogens is 2. The Hall–Kier alpha value is -0.960. The fourth-order valence-electron chi connectivity index (χ4n) is 2.67. The monoisotopic (exact) mass is 239 g/mol. The number of nitrogens with one attached hydrogen (secondary N) is 1. The third-order valence-corrected chi connectivity index (χ3v) is 3.56. The van der Waals surface area contributed by atoms with Crippen molar-refractivity contribution in [2.75, 3.05) is 0 Å². The summed E-state index contributed by atoms with van der Waals surface area (Å²) in [6, 6.07) is 3.13. The summed E-state index contributed by atoms with van der Waals surface area (Å²) < 4.78 is 27.1. The molecule has 2 rings (SSSR count). The minimum Gasteiger partial charge on any atom is -0.309 e. The van der Waals surface area contributed by atoms with Crippen LogP contribution in [0.1, 0.15) is 44.2 Å². The first-order valence-corrected chi connectivity index (χ1v) is 6.20. The molecule has 3 heteroatoms. The van der Waals surface area contributed by atoms with Gasteiger partial charge >= 0.3 is 0 Å². The number of hydrogen-bond donors (Lipinski definition) is 1. The Morgan fingerprint density at radius 1 is 1.35 bits per heavy atom. The van der Waals surface area contributed by atoms with Gasteiger partial charge in [-0.15, -0.1) is 0 Å². The number of hydrogen-bond acceptors (Lipinski definition) is 1. The highest BCUT2D eigenvalue weighted by atomic mass is 19.2. The van der Waals surface area contributed by atoms with E-state index in [0.29, 0.717) is 18.0 Å². The minimum atomic E-state index is -0.735. The SMILES string of the molecule is CC(C)CC1NCc2ccc(F)c(F)c2C1C. The molecule has 2 atom stereocenters. The van der Waals surface area contributed by atoms with Crippen LogP contribution in [0.25, 0.3) is 0 Å². The Kier molecular flexibility index (Phi) is 3.48. The van der Waals surface area contributed by atoms with Gasteiger partial charge in [-0.2, -0.15) is 0 Å². The van der Waals surface area contributed by atoms with Gasteiger partial charge in [0.15, 0.2) is 11.6 Å². The first-order valence-electron chi connectivity index (χ1n) is 6.20. The van der Waals surface area contributed by atoms with Crippen molar-refractivity contribution in [3.05, 3.63) is 34.9 Å². The summed E-state index contributed by atoms with van der Waals surface area (Å²) in [6.07, 6.45) is 0.983.